The highest BCUT2D eigenvalue weighted by Gasteiger charge is 2.30. The molecular weight excluding hydrogens is 206 g/mol. The fourth-order valence-corrected chi connectivity index (χ4v) is 1.56. The zero-order valence-corrected chi connectivity index (χ0v) is 10.0. The van der Waals surface area contributed by atoms with Gasteiger partial charge in [-0.2, -0.15) is 0 Å². The first-order chi connectivity index (χ1) is 7.47. The number of nitrogens with two attached hydrogens (primary N) is 1. The molecule has 4 N–H and O–H groups in total. The summed E-state index contributed by atoms with van der Waals surface area (Å²) in [5.74, 6) is -0.352. The highest BCUT2D eigenvalue weighted by molar-refractivity contribution is 5.91. The Hall–Kier alpha value is -1.10. The van der Waals surface area contributed by atoms with Crippen LogP contribution in [0.15, 0.2) is 0 Å². The number of hydrogen-bond acceptors (Lipinski definition) is 3. The lowest BCUT2D eigenvalue weighted by atomic mass is 9.98. The molecule has 5 heteroatoms. The van der Waals surface area contributed by atoms with Gasteiger partial charge in [0.2, 0.25) is 11.8 Å². The minimum atomic E-state index is -0.896. The van der Waals surface area contributed by atoms with Gasteiger partial charge in [-0.05, 0) is 32.6 Å². The van der Waals surface area contributed by atoms with Crippen LogP contribution in [0.1, 0.15) is 39.5 Å². The Morgan fingerprint density at radius 1 is 1.62 bits per heavy atom. The van der Waals surface area contributed by atoms with Gasteiger partial charge in [-0.1, -0.05) is 6.92 Å². The van der Waals surface area contributed by atoms with E-state index in [4.69, 9.17) is 5.73 Å². The summed E-state index contributed by atoms with van der Waals surface area (Å²) in [5.41, 5.74) is 4.92. The van der Waals surface area contributed by atoms with E-state index >= 15 is 0 Å². The molecule has 2 atom stereocenters. The zero-order valence-electron chi connectivity index (χ0n) is 10.0. The van der Waals surface area contributed by atoms with Crippen molar-refractivity contribution in [1.29, 1.82) is 0 Å². The second-order valence-electron chi connectivity index (χ2n) is 4.58. The Bertz CT molecular complexity index is 276. The van der Waals surface area contributed by atoms with Crippen LogP contribution in [0, 0.1) is 0 Å². The van der Waals surface area contributed by atoms with Crippen LogP contribution in [0.2, 0.25) is 0 Å². The van der Waals surface area contributed by atoms with E-state index in [9.17, 15) is 9.59 Å². The van der Waals surface area contributed by atoms with Gasteiger partial charge in [-0.15, -0.1) is 0 Å². The molecule has 0 bridgehead atoms. The molecule has 0 aromatic rings. The summed E-state index contributed by atoms with van der Waals surface area (Å²) < 4.78 is 0. The highest BCUT2D eigenvalue weighted by Crippen LogP contribution is 2.09. The summed E-state index contributed by atoms with van der Waals surface area (Å²) in [6.45, 7) is 4.22. The van der Waals surface area contributed by atoms with E-state index in [-0.39, 0.29) is 11.8 Å². The summed E-state index contributed by atoms with van der Waals surface area (Å²) in [6.07, 6.45) is 3.15. The molecule has 0 aromatic heterocycles. The number of rotatable bonds is 3. The Kier molecular flexibility index (Phi) is 4.29. The van der Waals surface area contributed by atoms with Crippen LogP contribution in [-0.2, 0) is 9.59 Å². The van der Waals surface area contributed by atoms with Gasteiger partial charge in [0, 0.05) is 6.54 Å². The smallest absolute Gasteiger partial charge is 0.242 e. The number of nitrogens with one attached hydrogen (secondary N) is 2. The van der Waals surface area contributed by atoms with Gasteiger partial charge in [0.05, 0.1) is 5.54 Å². The fourth-order valence-electron chi connectivity index (χ4n) is 1.56. The van der Waals surface area contributed by atoms with Gasteiger partial charge in [-0.25, -0.2) is 0 Å². The van der Waals surface area contributed by atoms with E-state index in [2.05, 4.69) is 10.6 Å². The normalized spacial score (nSPS) is 25.2. The van der Waals surface area contributed by atoms with Crippen molar-refractivity contribution >= 4 is 11.8 Å². The maximum Gasteiger partial charge on any atom is 0.242 e. The molecule has 1 aliphatic heterocycles. The van der Waals surface area contributed by atoms with E-state index in [0.717, 1.165) is 12.8 Å². The van der Waals surface area contributed by atoms with Gasteiger partial charge in [-0.3, -0.25) is 9.59 Å². The van der Waals surface area contributed by atoms with Crippen molar-refractivity contribution in [3.63, 3.8) is 0 Å². The Labute approximate surface area is 96.1 Å². The SMILES string of the molecule is CCC(C)(N)C(=O)NC1CCCCNC1=O. The van der Waals surface area contributed by atoms with Gasteiger partial charge >= 0.3 is 0 Å². The predicted octanol–water partition coefficient (Wildman–Crippen LogP) is -0.101. The molecule has 1 rings (SSSR count). The molecular formula is C11H21N3O2. The molecule has 1 fully saturated rings. The fraction of sp³-hybridized carbons (Fsp3) is 0.818. The minimum absolute atomic E-state index is 0.0993. The molecule has 1 aliphatic rings. The third-order valence-electron chi connectivity index (χ3n) is 3.09. The number of carbonyl (C=O) groups is 2. The molecule has 2 unspecified atom stereocenters. The van der Waals surface area contributed by atoms with Gasteiger partial charge in [0.15, 0.2) is 0 Å². The van der Waals surface area contributed by atoms with Gasteiger partial charge in [0.25, 0.3) is 0 Å². The van der Waals surface area contributed by atoms with E-state index in [1.807, 2.05) is 6.92 Å². The monoisotopic (exact) mass is 227 g/mol. The quantitative estimate of drug-likeness (QED) is 0.629. The van der Waals surface area contributed by atoms with Crippen LogP contribution in [0.3, 0.4) is 0 Å². The largest absolute Gasteiger partial charge is 0.354 e. The molecule has 0 aromatic carbocycles. The lowest BCUT2D eigenvalue weighted by molar-refractivity contribution is -0.131. The minimum Gasteiger partial charge on any atom is -0.354 e. The van der Waals surface area contributed by atoms with Gasteiger partial charge in [0.1, 0.15) is 6.04 Å². The summed E-state index contributed by atoms with van der Waals surface area (Å²) in [4.78, 5) is 23.4. The summed E-state index contributed by atoms with van der Waals surface area (Å²) in [7, 11) is 0. The van der Waals surface area contributed by atoms with E-state index in [1.165, 1.54) is 0 Å². The van der Waals surface area contributed by atoms with Crippen molar-refractivity contribution in [1.82, 2.24) is 10.6 Å². The first kappa shape index (κ1) is 13.0. The Morgan fingerprint density at radius 2 is 2.31 bits per heavy atom. The summed E-state index contributed by atoms with van der Waals surface area (Å²) >= 11 is 0. The van der Waals surface area contributed by atoms with Crippen LogP contribution >= 0.6 is 0 Å². The standard InChI is InChI=1S/C11H21N3O2/c1-3-11(2,12)10(16)14-8-6-4-5-7-13-9(8)15/h8H,3-7,12H2,1-2H3,(H,13,15)(H,14,16). The van der Waals surface area contributed by atoms with Crippen LogP contribution in [0.5, 0.6) is 0 Å². The zero-order chi connectivity index (χ0) is 12.2. The number of carbonyl (C=O) groups excluding carboxylic acids is 2. The molecule has 0 saturated carbocycles. The van der Waals surface area contributed by atoms with E-state index in [1.54, 1.807) is 6.92 Å². The molecule has 1 saturated heterocycles. The summed E-state index contributed by atoms with van der Waals surface area (Å²) in [5, 5.41) is 5.50. The predicted molar refractivity (Wildman–Crippen MR) is 61.7 cm³/mol. The summed E-state index contributed by atoms with van der Waals surface area (Å²) in [6, 6.07) is -0.426. The third-order valence-corrected chi connectivity index (χ3v) is 3.09. The van der Waals surface area contributed by atoms with Crippen molar-refractivity contribution < 1.29 is 9.59 Å². The Morgan fingerprint density at radius 3 is 2.94 bits per heavy atom. The van der Waals surface area contributed by atoms with Crippen LogP contribution in [0.4, 0.5) is 0 Å². The molecule has 0 spiro atoms. The second kappa shape index (κ2) is 5.30. The van der Waals surface area contributed by atoms with Crippen LogP contribution in [0.25, 0.3) is 0 Å². The third kappa shape index (κ3) is 3.20. The van der Waals surface area contributed by atoms with Crippen molar-refractivity contribution in [3.8, 4) is 0 Å². The topological polar surface area (TPSA) is 84.2 Å². The van der Waals surface area contributed by atoms with Crippen molar-refractivity contribution in [2.75, 3.05) is 6.54 Å². The molecule has 0 radical (unpaired) electrons. The molecule has 1 heterocycles. The van der Waals surface area contributed by atoms with Gasteiger partial charge < -0.3 is 16.4 Å². The second-order valence-corrected chi connectivity index (χ2v) is 4.58. The van der Waals surface area contributed by atoms with Crippen molar-refractivity contribution in [2.45, 2.75) is 51.1 Å². The molecule has 92 valence electrons. The maximum atomic E-state index is 11.8. The van der Waals surface area contributed by atoms with E-state index < -0.39 is 11.6 Å². The highest BCUT2D eigenvalue weighted by atomic mass is 16.2. The first-order valence-corrected chi connectivity index (χ1v) is 5.85. The lowest BCUT2D eigenvalue weighted by Crippen LogP contribution is -2.56. The van der Waals surface area contributed by atoms with Crippen molar-refractivity contribution in [2.24, 2.45) is 5.73 Å². The average Bonchev–Trinajstić information content (AvgIpc) is 2.44. The molecule has 16 heavy (non-hydrogen) atoms. The van der Waals surface area contributed by atoms with E-state index in [0.29, 0.717) is 19.4 Å². The first-order valence-electron chi connectivity index (χ1n) is 5.85. The molecule has 0 aliphatic carbocycles. The average molecular weight is 227 g/mol. The number of amides is 2. The molecule has 2 amide bonds. The Balaban J connectivity index is 2.58. The number of hydrogen-bond donors (Lipinski definition) is 3. The molecule has 5 nitrogen and oxygen atoms in total. The van der Waals surface area contributed by atoms with Crippen LogP contribution < -0.4 is 16.4 Å². The van der Waals surface area contributed by atoms with Crippen LogP contribution in [-0.4, -0.2) is 29.9 Å². The lowest BCUT2D eigenvalue weighted by Gasteiger charge is -2.24. The van der Waals surface area contributed by atoms with Crippen molar-refractivity contribution in [3.05, 3.63) is 0 Å². The maximum absolute atomic E-state index is 11.8.